The maximum absolute atomic E-state index is 12.1. The zero-order chi connectivity index (χ0) is 29.1. The van der Waals surface area contributed by atoms with Crippen LogP contribution in [-0.2, 0) is 16.1 Å². The van der Waals surface area contributed by atoms with Crippen LogP contribution < -0.4 is 15.4 Å². The lowest BCUT2D eigenvalue weighted by molar-refractivity contribution is -0.124. The second kappa shape index (κ2) is 14.5. The molecule has 6 bridgehead atoms. The number of fused-ring (bicyclic) bond motifs is 7. The molecule has 0 radical (unpaired) electrons. The smallest absolute Gasteiger partial charge is 0.298 e. The van der Waals surface area contributed by atoms with Crippen molar-refractivity contribution < 1.29 is 14.3 Å². The summed E-state index contributed by atoms with van der Waals surface area (Å²) in [6.45, 7) is 6.36. The van der Waals surface area contributed by atoms with Gasteiger partial charge in [0.1, 0.15) is 5.75 Å². The quantitative estimate of drug-likeness (QED) is 0.339. The number of amides is 1. The van der Waals surface area contributed by atoms with Crippen molar-refractivity contribution in [1.82, 2.24) is 19.8 Å². The van der Waals surface area contributed by atoms with Crippen molar-refractivity contribution in [2.75, 3.05) is 57.1 Å². The summed E-state index contributed by atoms with van der Waals surface area (Å²) in [5, 5.41) is 6.96. The normalized spacial score (nSPS) is 17.6. The Hall–Kier alpha value is -4.39. The molecule has 1 amide bonds. The van der Waals surface area contributed by atoms with E-state index < -0.39 is 0 Å². The van der Waals surface area contributed by atoms with Crippen molar-refractivity contribution in [3.05, 3.63) is 72.4 Å². The van der Waals surface area contributed by atoms with Crippen molar-refractivity contribution in [2.45, 2.75) is 32.4 Å². The molecule has 2 aliphatic heterocycles. The lowest BCUT2D eigenvalue weighted by Crippen LogP contribution is -2.38. The molecule has 9 nitrogen and oxygen atoms in total. The maximum Gasteiger partial charge on any atom is 0.298 e. The summed E-state index contributed by atoms with van der Waals surface area (Å²) in [4.78, 5) is 25.5. The number of anilines is 3. The predicted octanol–water partition coefficient (Wildman–Crippen LogP) is 4.71. The van der Waals surface area contributed by atoms with Gasteiger partial charge in [-0.15, -0.1) is 0 Å². The minimum absolute atomic E-state index is 0.0821. The lowest BCUT2D eigenvalue weighted by Gasteiger charge is -2.24. The Kier molecular flexibility index (Phi) is 10.0. The van der Waals surface area contributed by atoms with Crippen LogP contribution in [0.5, 0.6) is 5.75 Å². The minimum Gasteiger partial charge on any atom is -0.493 e. The molecule has 1 aromatic heterocycles. The maximum atomic E-state index is 12.1. The van der Waals surface area contributed by atoms with E-state index in [1.807, 2.05) is 41.3 Å². The molecule has 0 saturated carbocycles. The van der Waals surface area contributed by atoms with E-state index in [0.717, 1.165) is 73.0 Å². The van der Waals surface area contributed by atoms with Gasteiger partial charge in [-0.3, -0.25) is 9.69 Å². The summed E-state index contributed by atoms with van der Waals surface area (Å²) in [6, 6.07) is 16.4. The average molecular weight is 567 g/mol. The second-order valence-corrected chi connectivity index (χ2v) is 10.4. The summed E-state index contributed by atoms with van der Waals surface area (Å²) in [5.41, 5.74) is 4.68. The molecule has 42 heavy (non-hydrogen) atoms. The third-order valence-electron chi connectivity index (χ3n) is 7.34. The third-order valence-corrected chi connectivity index (χ3v) is 7.34. The van der Waals surface area contributed by atoms with Gasteiger partial charge in [-0.2, -0.15) is 0 Å². The topological polar surface area (TPSA) is 91.9 Å². The van der Waals surface area contributed by atoms with E-state index in [1.54, 1.807) is 13.1 Å². The fourth-order valence-electron chi connectivity index (χ4n) is 5.11. The summed E-state index contributed by atoms with van der Waals surface area (Å²) >= 11 is 0. The molecule has 1 atom stereocenters. The molecule has 1 fully saturated rings. The van der Waals surface area contributed by atoms with Gasteiger partial charge in [-0.05, 0) is 74.7 Å². The van der Waals surface area contributed by atoms with Gasteiger partial charge in [0.25, 0.3) is 5.91 Å². The number of rotatable bonds is 5. The molecule has 2 aromatic carbocycles. The van der Waals surface area contributed by atoms with Crippen LogP contribution in [0.25, 0.3) is 11.3 Å². The molecule has 9 heteroatoms. The first-order valence-corrected chi connectivity index (χ1v) is 14.4. The van der Waals surface area contributed by atoms with Crippen molar-refractivity contribution in [1.29, 1.82) is 0 Å². The molecule has 2 N–H and O–H groups in total. The van der Waals surface area contributed by atoms with Crippen LogP contribution >= 0.6 is 0 Å². The number of hydrogen-bond acceptors (Lipinski definition) is 8. The summed E-state index contributed by atoms with van der Waals surface area (Å²) in [7, 11) is 2.11. The highest BCUT2D eigenvalue weighted by Gasteiger charge is 2.27. The molecular weight excluding hydrogens is 528 g/mol. The molecule has 5 rings (SSSR count). The van der Waals surface area contributed by atoms with E-state index in [0.29, 0.717) is 31.8 Å². The number of nitrogens with one attached hydrogen (secondary N) is 2. The first-order valence-electron chi connectivity index (χ1n) is 14.4. The van der Waals surface area contributed by atoms with Crippen LogP contribution in [0.3, 0.4) is 0 Å². The Labute approximate surface area is 247 Å². The minimum atomic E-state index is -0.0821. The van der Waals surface area contributed by atoms with Gasteiger partial charge < -0.3 is 25.0 Å². The van der Waals surface area contributed by atoms with Crippen molar-refractivity contribution in [3.8, 4) is 28.8 Å². The molecule has 0 aliphatic carbocycles. The van der Waals surface area contributed by atoms with E-state index in [-0.39, 0.29) is 5.91 Å². The highest BCUT2D eigenvalue weighted by atomic mass is 16.5. The van der Waals surface area contributed by atoms with Gasteiger partial charge in [-0.1, -0.05) is 30.2 Å². The van der Waals surface area contributed by atoms with Gasteiger partial charge in [-0.25, -0.2) is 9.97 Å². The van der Waals surface area contributed by atoms with Gasteiger partial charge in [0, 0.05) is 55.4 Å². The third kappa shape index (κ3) is 8.09. The van der Waals surface area contributed by atoms with Crippen LogP contribution in [0.2, 0.25) is 0 Å². The predicted molar refractivity (Wildman–Crippen MR) is 166 cm³/mol. The second-order valence-electron chi connectivity index (χ2n) is 10.4. The molecule has 1 unspecified atom stereocenters. The highest BCUT2D eigenvalue weighted by Crippen LogP contribution is 2.26. The zero-order valence-electron chi connectivity index (χ0n) is 24.3. The summed E-state index contributed by atoms with van der Waals surface area (Å²) in [5.74, 6) is 6.60. The van der Waals surface area contributed by atoms with E-state index in [9.17, 15) is 4.79 Å². The number of hydrogen-bond donors (Lipinski definition) is 2. The van der Waals surface area contributed by atoms with Gasteiger partial charge in [0.2, 0.25) is 5.95 Å². The Morgan fingerprint density at radius 2 is 2.14 bits per heavy atom. The number of likely N-dealkylation sites (tertiary alicyclic amines) is 1. The molecular formula is C33H38N6O3. The number of likely N-dealkylation sites (N-methyl/N-ethyl adjacent to an activating group) is 1. The molecule has 3 aromatic rings. The largest absolute Gasteiger partial charge is 0.493 e. The van der Waals surface area contributed by atoms with Gasteiger partial charge in [0.05, 0.1) is 25.5 Å². The van der Waals surface area contributed by atoms with E-state index >= 15 is 0 Å². The van der Waals surface area contributed by atoms with Gasteiger partial charge >= 0.3 is 0 Å². The van der Waals surface area contributed by atoms with Crippen LogP contribution in [-0.4, -0.2) is 78.2 Å². The highest BCUT2D eigenvalue weighted by molar-refractivity contribution is 5.93. The fraction of sp³-hybridized carbons (Fsp3) is 0.364. The SMILES string of the molecule is CC#CC(=O)N1CCC(N(C)CCNc2cc3cc(c2)Nc2nccc(n2)-c2cccc(c2)OCC/C=C/COC3)C1. The number of aromatic nitrogens is 2. The van der Waals surface area contributed by atoms with E-state index in [4.69, 9.17) is 14.5 Å². The van der Waals surface area contributed by atoms with Crippen molar-refractivity contribution in [3.63, 3.8) is 0 Å². The molecule has 2 aliphatic rings. The van der Waals surface area contributed by atoms with Crippen molar-refractivity contribution in [2.24, 2.45) is 0 Å². The Balaban J connectivity index is 1.28. The molecule has 3 heterocycles. The first kappa shape index (κ1) is 29.1. The molecule has 0 spiro atoms. The zero-order valence-corrected chi connectivity index (χ0v) is 24.3. The summed E-state index contributed by atoms with van der Waals surface area (Å²) < 4.78 is 11.9. The van der Waals surface area contributed by atoms with Crippen LogP contribution in [0.15, 0.2) is 66.9 Å². The Bertz CT molecular complexity index is 1460. The Morgan fingerprint density at radius 3 is 3.05 bits per heavy atom. The van der Waals surface area contributed by atoms with Crippen molar-refractivity contribution >= 4 is 23.2 Å². The fourth-order valence-corrected chi connectivity index (χ4v) is 5.11. The van der Waals surface area contributed by atoms with E-state index in [1.165, 1.54) is 0 Å². The lowest BCUT2D eigenvalue weighted by atomic mass is 10.1. The van der Waals surface area contributed by atoms with Crippen LogP contribution in [0.1, 0.15) is 25.3 Å². The number of nitrogens with zero attached hydrogens (tertiary/aromatic N) is 4. The number of benzene rings is 2. The number of carbonyl (C=O) groups excluding carboxylic acids is 1. The standard InChI is InChI=1S/C33H38N6O3/c1-3-8-32(40)39-15-12-29(23-39)38(2)16-14-34-27-19-25-20-28(22-27)36-33-35-13-11-31(37-33)26-9-7-10-30(21-26)42-18-6-4-5-17-41-24-25/h4-5,7,9-11,13,19-22,29,34H,6,12,14-18,23-24H2,1-2H3,(H,35,36,37)/b5-4+. The first-order chi connectivity index (χ1) is 20.6. The molecule has 218 valence electrons. The van der Waals surface area contributed by atoms with Crippen LogP contribution in [0.4, 0.5) is 17.3 Å². The average Bonchev–Trinajstić information content (AvgIpc) is 3.49. The monoisotopic (exact) mass is 566 g/mol. The number of ether oxygens (including phenoxy) is 2. The molecule has 1 saturated heterocycles. The van der Waals surface area contributed by atoms with E-state index in [2.05, 4.69) is 63.7 Å². The van der Waals surface area contributed by atoms with Crippen LogP contribution in [0, 0.1) is 11.8 Å². The summed E-state index contributed by atoms with van der Waals surface area (Å²) in [6.07, 6.45) is 7.64. The number of carbonyl (C=O) groups is 1. The Morgan fingerprint density at radius 1 is 1.21 bits per heavy atom. The van der Waals surface area contributed by atoms with Gasteiger partial charge in [0.15, 0.2) is 0 Å².